The van der Waals surface area contributed by atoms with Gasteiger partial charge in [0.2, 0.25) is 0 Å². The lowest BCUT2D eigenvalue weighted by Crippen LogP contribution is -2.01. The van der Waals surface area contributed by atoms with Crippen molar-refractivity contribution < 1.29 is 5.11 Å². The first-order valence-electron chi connectivity index (χ1n) is 7.99. The Hall–Kier alpha value is -2.81. The van der Waals surface area contributed by atoms with Crippen LogP contribution in [0.5, 0.6) is 0 Å². The van der Waals surface area contributed by atoms with E-state index in [0.717, 1.165) is 0 Å². The van der Waals surface area contributed by atoms with Crippen molar-refractivity contribution in [3.05, 3.63) is 52.7 Å². The lowest BCUT2D eigenvalue weighted by molar-refractivity contribution is 0.298. The summed E-state index contributed by atoms with van der Waals surface area (Å²) in [4.78, 5) is 24.4. The average Bonchev–Trinajstić information content (AvgIpc) is 3.07. The van der Waals surface area contributed by atoms with Crippen molar-refractivity contribution in [1.29, 1.82) is 0 Å². The maximum atomic E-state index is 9.06. The van der Waals surface area contributed by atoms with E-state index < -0.39 is 0 Å². The van der Waals surface area contributed by atoms with Gasteiger partial charge in [0, 0.05) is 24.8 Å². The number of fused-ring (bicyclic) bond motifs is 1. The van der Waals surface area contributed by atoms with E-state index in [1.807, 2.05) is 0 Å². The highest BCUT2D eigenvalue weighted by Crippen LogP contribution is 2.34. The topological polar surface area (TPSA) is 112 Å². The summed E-state index contributed by atoms with van der Waals surface area (Å²) in [7, 11) is 0. The van der Waals surface area contributed by atoms with Gasteiger partial charge in [-0.2, -0.15) is 0 Å². The Bertz CT molecular complexity index is 1100. The number of benzene rings is 1. The van der Waals surface area contributed by atoms with Gasteiger partial charge in [0.15, 0.2) is 11.5 Å². The van der Waals surface area contributed by atoms with Crippen molar-refractivity contribution in [2.45, 2.75) is 6.42 Å². The van der Waals surface area contributed by atoms with Gasteiger partial charge >= 0.3 is 0 Å². The first-order chi connectivity index (χ1) is 13.2. The van der Waals surface area contributed by atoms with Gasteiger partial charge in [0.25, 0.3) is 0 Å². The van der Waals surface area contributed by atoms with Crippen LogP contribution in [-0.4, -0.2) is 41.6 Å². The standard InChI is InChI=1S/C17H13Cl2N7O/c18-10-2-1-3-11(19)13(10)15-25-14-16(22-8-23-17(14)26-15)24-12-6-9(4-5-27)20-7-21-12/h1-3,6-8,27H,4-5H2,(H2,20,21,22,23,24,25,26). The molecular weight excluding hydrogens is 389 g/mol. The smallest absolute Gasteiger partial charge is 0.183 e. The number of rotatable bonds is 5. The van der Waals surface area contributed by atoms with Gasteiger partial charge in [-0.25, -0.2) is 24.9 Å². The molecule has 0 spiro atoms. The molecule has 4 rings (SSSR count). The van der Waals surface area contributed by atoms with E-state index in [2.05, 4.69) is 35.2 Å². The van der Waals surface area contributed by atoms with Crippen molar-refractivity contribution >= 4 is 46.0 Å². The van der Waals surface area contributed by atoms with Gasteiger partial charge in [-0.15, -0.1) is 0 Å². The molecule has 0 saturated heterocycles. The van der Waals surface area contributed by atoms with Crippen molar-refractivity contribution in [2.75, 3.05) is 11.9 Å². The van der Waals surface area contributed by atoms with E-state index in [0.29, 0.717) is 56.3 Å². The van der Waals surface area contributed by atoms with Crippen LogP contribution in [0.1, 0.15) is 5.69 Å². The number of aliphatic hydroxyl groups excluding tert-OH is 1. The highest BCUT2D eigenvalue weighted by atomic mass is 35.5. The van der Waals surface area contributed by atoms with Gasteiger partial charge in [0.1, 0.15) is 29.8 Å². The molecule has 0 unspecified atom stereocenters. The molecule has 0 fully saturated rings. The molecule has 0 saturated carbocycles. The summed E-state index contributed by atoms with van der Waals surface area (Å²) < 4.78 is 0. The minimum Gasteiger partial charge on any atom is -0.396 e. The predicted octanol–water partition coefficient (Wildman–Crippen LogP) is 3.40. The number of H-pyrrole nitrogens is 1. The van der Waals surface area contributed by atoms with Crippen molar-refractivity contribution in [1.82, 2.24) is 29.9 Å². The van der Waals surface area contributed by atoms with E-state index in [-0.39, 0.29) is 6.61 Å². The second-order valence-corrected chi connectivity index (χ2v) is 6.41. The molecule has 0 atom stereocenters. The lowest BCUT2D eigenvalue weighted by atomic mass is 10.2. The zero-order chi connectivity index (χ0) is 18.8. The maximum absolute atomic E-state index is 9.06. The Morgan fingerprint density at radius 2 is 1.81 bits per heavy atom. The van der Waals surface area contributed by atoms with Gasteiger partial charge in [-0.1, -0.05) is 29.3 Å². The number of nitrogens with one attached hydrogen (secondary N) is 2. The molecule has 10 heteroatoms. The van der Waals surface area contributed by atoms with Gasteiger partial charge in [-0.05, 0) is 12.1 Å². The van der Waals surface area contributed by atoms with Crippen LogP contribution in [0, 0.1) is 0 Å². The molecule has 0 aliphatic rings. The second-order valence-electron chi connectivity index (χ2n) is 5.60. The Morgan fingerprint density at radius 1 is 1.04 bits per heavy atom. The third-order valence-electron chi connectivity index (χ3n) is 3.83. The van der Waals surface area contributed by atoms with Crippen LogP contribution in [0.4, 0.5) is 11.6 Å². The van der Waals surface area contributed by atoms with Crippen LogP contribution in [0.3, 0.4) is 0 Å². The molecule has 0 bridgehead atoms. The Labute approximate surface area is 163 Å². The normalized spacial score (nSPS) is 11.1. The number of hydrogen-bond donors (Lipinski definition) is 3. The molecule has 3 aromatic heterocycles. The van der Waals surface area contributed by atoms with E-state index in [1.165, 1.54) is 12.7 Å². The van der Waals surface area contributed by atoms with Gasteiger partial charge in [-0.3, -0.25) is 0 Å². The predicted molar refractivity (Wildman–Crippen MR) is 103 cm³/mol. The van der Waals surface area contributed by atoms with E-state index in [9.17, 15) is 0 Å². The van der Waals surface area contributed by atoms with Crippen LogP contribution < -0.4 is 5.32 Å². The average molecular weight is 402 g/mol. The molecule has 4 aromatic rings. The Balaban J connectivity index is 1.75. The van der Waals surface area contributed by atoms with Crippen molar-refractivity contribution in [2.24, 2.45) is 0 Å². The monoisotopic (exact) mass is 401 g/mol. The number of nitrogens with zero attached hydrogens (tertiary/aromatic N) is 5. The third kappa shape index (κ3) is 3.55. The van der Waals surface area contributed by atoms with Crippen LogP contribution in [0.15, 0.2) is 36.9 Å². The summed E-state index contributed by atoms with van der Waals surface area (Å²) in [6, 6.07) is 6.99. The number of hydrogen-bond acceptors (Lipinski definition) is 7. The van der Waals surface area contributed by atoms with Crippen LogP contribution in [0.2, 0.25) is 10.0 Å². The van der Waals surface area contributed by atoms with E-state index in [1.54, 1.807) is 24.3 Å². The lowest BCUT2D eigenvalue weighted by Gasteiger charge is -2.06. The number of halogens is 2. The summed E-state index contributed by atoms with van der Waals surface area (Å²) in [6.45, 7) is 0.0106. The number of aliphatic hydroxyl groups is 1. The molecule has 0 amide bonds. The summed E-state index contributed by atoms with van der Waals surface area (Å²) in [5.41, 5.74) is 2.36. The fourth-order valence-corrected chi connectivity index (χ4v) is 3.18. The number of aromatic nitrogens is 6. The fraction of sp³-hybridized carbons (Fsp3) is 0.118. The number of anilines is 2. The largest absolute Gasteiger partial charge is 0.396 e. The van der Waals surface area contributed by atoms with Crippen molar-refractivity contribution in [3.63, 3.8) is 0 Å². The molecule has 27 heavy (non-hydrogen) atoms. The minimum absolute atomic E-state index is 0.0106. The summed E-state index contributed by atoms with van der Waals surface area (Å²) in [5.74, 6) is 1.53. The SMILES string of the molecule is OCCc1cc(Nc2ncnc3nc(-c4c(Cl)cccc4Cl)[nH]c23)ncn1. The quantitative estimate of drug-likeness (QED) is 0.469. The molecule has 136 valence electrons. The van der Waals surface area contributed by atoms with Crippen molar-refractivity contribution in [3.8, 4) is 11.4 Å². The van der Waals surface area contributed by atoms with Crippen LogP contribution >= 0.6 is 23.2 Å². The second kappa shape index (κ2) is 7.43. The van der Waals surface area contributed by atoms with E-state index in [4.69, 9.17) is 28.3 Å². The molecule has 0 aliphatic carbocycles. The molecule has 0 radical (unpaired) electrons. The molecule has 3 heterocycles. The molecule has 3 N–H and O–H groups in total. The van der Waals surface area contributed by atoms with Gasteiger partial charge in [0.05, 0.1) is 15.6 Å². The number of imidazole rings is 1. The van der Waals surface area contributed by atoms with E-state index >= 15 is 0 Å². The fourth-order valence-electron chi connectivity index (χ4n) is 2.60. The molecule has 8 nitrogen and oxygen atoms in total. The highest BCUT2D eigenvalue weighted by molar-refractivity contribution is 6.39. The third-order valence-corrected chi connectivity index (χ3v) is 4.46. The Morgan fingerprint density at radius 3 is 2.59 bits per heavy atom. The molecular formula is C17H13Cl2N7O. The zero-order valence-corrected chi connectivity index (χ0v) is 15.3. The van der Waals surface area contributed by atoms with Crippen LogP contribution in [-0.2, 0) is 6.42 Å². The summed E-state index contributed by atoms with van der Waals surface area (Å²) in [5, 5.41) is 13.1. The first kappa shape index (κ1) is 17.6. The molecule has 0 aliphatic heterocycles. The minimum atomic E-state index is 0.0106. The first-order valence-corrected chi connectivity index (χ1v) is 8.75. The molecule has 1 aromatic carbocycles. The van der Waals surface area contributed by atoms with Gasteiger partial charge < -0.3 is 15.4 Å². The Kier molecular flexibility index (Phi) is 4.85. The maximum Gasteiger partial charge on any atom is 0.183 e. The number of aromatic amines is 1. The summed E-state index contributed by atoms with van der Waals surface area (Å²) >= 11 is 12.5. The highest BCUT2D eigenvalue weighted by Gasteiger charge is 2.16. The van der Waals surface area contributed by atoms with Crippen LogP contribution in [0.25, 0.3) is 22.6 Å². The summed E-state index contributed by atoms with van der Waals surface area (Å²) in [6.07, 6.45) is 3.27. The zero-order valence-electron chi connectivity index (χ0n) is 13.8.